The van der Waals surface area contributed by atoms with Crippen molar-refractivity contribution in [2.24, 2.45) is 0 Å². The minimum absolute atomic E-state index is 0.0195. The number of hydrogen-bond donors (Lipinski definition) is 0. The van der Waals surface area contributed by atoms with Crippen molar-refractivity contribution in [2.45, 2.75) is 52.4 Å². The van der Waals surface area contributed by atoms with Gasteiger partial charge in [0, 0.05) is 13.1 Å². The Labute approximate surface area is 189 Å². The van der Waals surface area contributed by atoms with Crippen molar-refractivity contribution in [2.75, 3.05) is 26.3 Å². The van der Waals surface area contributed by atoms with Gasteiger partial charge < -0.3 is 9.47 Å². The number of ether oxygens (including phenoxy) is 2. The third-order valence-electron chi connectivity index (χ3n) is 4.92. The first kappa shape index (κ1) is 25.1. The summed E-state index contributed by atoms with van der Waals surface area (Å²) in [4.78, 5) is 52.2. The molecule has 0 saturated carbocycles. The third kappa shape index (κ3) is 7.51. The van der Waals surface area contributed by atoms with E-state index in [9.17, 15) is 19.2 Å². The predicted molar refractivity (Wildman–Crippen MR) is 119 cm³/mol. The first-order valence-electron chi connectivity index (χ1n) is 11.2. The van der Waals surface area contributed by atoms with E-state index in [4.69, 9.17) is 9.47 Å². The number of carbonyl (C=O) groups is 4. The Kier molecular flexibility index (Phi) is 10.4. The van der Waals surface area contributed by atoms with E-state index in [0.29, 0.717) is 13.2 Å². The lowest BCUT2D eigenvalue weighted by Gasteiger charge is -2.17. The van der Waals surface area contributed by atoms with Crippen LogP contribution in [-0.4, -0.2) is 60.0 Å². The number of unbranched alkanes of at least 4 members (excludes halogenated alkanes) is 2. The van der Waals surface area contributed by atoms with Crippen LogP contribution in [0.2, 0.25) is 0 Å². The largest absolute Gasteiger partial charge is 0.466 e. The number of imide groups is 1. The summed E-state index contributed by atoms with van der Waals surface area (Å²) in [5.74, 6) is -1.37. The smallest absolute Gasteiger partial charge is 0.331 e. The monoisotopic (exact) mass is 444 g/mol. The van der Waals surface area contributed by atoms with Crippen LogP contribution in [0.5, 0.6) is 0 Å². The van der Waals surface area contributed by atoms with Crippen LogP contribution >= 0.6 is 0 Å². The summed E-state index contributed by atoms with van der Waals surface area (Å²) >= 11 is 0. The molecular weight excluding hydrogens is 412 g/mol. The number of amides is 3. The van der Waals surface area contributed by atoms with Gasteiger partial charge in [-0.3, -0.25) is 24.2 Å². The summed E-state index contributed by atoms with van der Waals surface area (Å²) in [6.45, 7) is 4.59. The SMILES string of the molecule is CCCCOC(=O)CCN1C(=O)/C(=C\c2ccccc2)N(CCC(=O)OCCCC)C1=O. The minimum Gasteiger partial charge on any atom is -0.466 e. The number of esters is 2. The van der Waals surface area contributed by atoms with Gasteiger partial charge in [0.1, 0.15) is 5.70 Å². The standard InChI is InChI=1S/C24H32N2O6/c1-3-5-16-31-21(27)12-14-25-20(18-19-10-8-7-9-11-19)23(29)26(24(25)30)15-13-22(28)32-17-6-4-2/h7-11,18H,3-6,12-17H2,1-2H3/b20-18+. The molecule has 174 valence electrons. The van der Waals surface area contributed by atoms with Gasteiger partial charge in [0.15, 0.2) is 0 Å². The molecule has 8 nitrogen and oxygen atoms in total. The van der Waals surface area contributed by atoms with Crippen LogP contribution in [0.15, 0.2) is 36.0 Å². The van der Waals surface area contributed by atoms with Gasteiger partial charge in [-0.05, 0) is 24.5 Å². The summed E-state index contributed by atoms with van der Waals surface area (Å²) in [6, 6.07) is 8.58. The Morgan fingerprint density at radius 1 is 0.844 bits per heavy atom. The number of urea groups is 1. The molecule has 1 saturated heterocycles. The Hall–Kier alpha value is -3.16. The Morgan fingerprint density at radius 3 is 1.91 bits per heavy atom. The van der Waals surface area contributed by atoms with Crippen molar-refractivity contribution in [1.29, 1.82) is 0 Å². The molecular formula is C24H32N2O6. The highest BCUT2D eigenvalue weighted by molar-refractivity contribution is 6.14. The molecule has 0 unspecified atom stereocenters. The molecule has 1 aliphatic heterocycles. The van der Waals surface area contributed by atoms with Gasteiger partial charge in [-0.2, -0.15) is 0 Å². The van der Waals surface area contributed by atoms with Gasteiger partial charge in [-0.25, -0.2) is 4.79 Å². The molecule has 0 atom stereocenters. The molecule has 1 aromatic rings. The normalized spacial score (nSPS) is 14.9. The highest BCUT2D eigenvalue weighted by Crippen LogP contribution is 2.24. The highest BCUT2D eigenvalue weighted by Gasteiger charge is 2.41. The molecule has 2 rings (SSSR count). The lowest BCUT2D eigenvalue weighted by Crippen LogP contribution is -2.35. The van der Waals surface area contributed by atoms with Crippen LogP contribution in [0.1, 0.15) is 57.9 Å². The van der Waals surface area contributed by atoms with E-state index in [2.05, 4.69) is 0 Å². The first-order valence-corrected chi connectivity index (χ1v) is 11.2. The van der Waals surface area contributed by atoms with Crippen molar-refractivity contribution in [3.05, 3.63) is 41.6 Å². The van der Waals surface area contributed by atoms with E-state index in [1.54, 1.807) is 6.08 Å². The maximum atomic E-state index is 13.0. The molecule has 0 aliphatic carbocycles. The molecule has 0 bridgehead atoms. The fourth-order valence-electron chi connectivity index (χ4n) is 3.06. The second-order valence-corrected chi connectivity index (χ2v) is 7.48. The van der Waals surface area contributed by atoms with Gasteiger partial charge in [0.2, 0.25) is 0 Å². The lowest BCUT2D eigenvalue weighted by molar-refractivity contribution is -0.145. The van der Waals surface area contributed by atoms with Crippen molar-refractivity contribution < 1.29 is 28.7 Å². The zero-order chi connectivity index (χ0) is 23.3. The van der Waals surface area contributed by atoms with E-state index in [0.717, 1.165) is 36.1 Å². The third-order valence-corrected chi connectivity index (χ3v) is 4.92. The molecule has 1 aliphatic rings. The molecule has 1 heterocycles. The van der Waals surface area contributed by atoms with Crippen molar-refractivity contribution in [1.82, 2.24) is 9.80 Å². The number of nitrogens with zero attached hydrogens (tertiary/aromatic N) is 2. The number of benzene rings is 1. The van der Waals surface area contributed by atoms with Crippen LogP contribution in [-0.2, 0) is 23.9 Å². The highest BCUT2D eigenvalue weighted by atomic mass is 16.5. The van der Waals surface area contributed by atoms with Gasteiger partial charge in [-0.15, -0.1) is 0 Å². The fourth-order valence-corrected chi connectivity index (χ4v) is 3.06. The number of carbonyl (C=O) groups excluding carboxylic acids is 4. The number of rotatable bonds is 13. The van der Waals surface area contributed by atoms with E-state index in [1.807, 2.05) is 44.2 Å². The van der Waals surface area contributed by atoms with E-state index in [-0.39, 0.29) is 31.6 Å². The van der Waals surface area contributed by atoms with Crippen LogP contribution in [0.25, 0.3) is 6.08 Å². The van der Waals surface area contributed by atoms with E-state index in [1.165, 1.54) is 4.90 Å². The van der Waals surface area contributed by atoms with Gasteiger partial charge >= 0.3 is 18.0 Å². The molecule has 0 N–H and O–H groups in total. The molecule has 0 aromatic heterocycles. The van der Waals surface area contributed by atoms with Crippen LogP contribution in [0.4, 0.5) is 4.79 Å². The zero-order valence-corrected chi connectivity index (χ0v) is 18.9. The average molecular weight is 445 g/mol. The first-order chi connectivity index (χ1) is 15.5. The fraction of sp³-hybridized carbons (Fsp3) is 0.500. The maximum Gasteiger partial charge on any atom is 0.331 e. The molecule has 8 heteroatoms. The van der Waals surface area contributed by atoms with Gasteiger partial charge in [0.05, 0.1) is 26.1 Å². The van der Waals surface area contributed by atoms with Crippen molar-refractivity contribution in [3.63, 3.8) is 0 Å². The lowest BCUT2D eigenvalue weighted by atomic mass is 10.2. The minimum atomic E-state index is -0.556. The van der Waals surface area contributed by atoms with Crippen LogP contribution in [0.3, 0.4) is 0 Å². The Balaban J connectivity index is 2.09. The predicted octanol–water partition coefficient (Wildman–Crippen LogP) is 3.76. The van der Waals surface area contributed by atoms with Crippen LogP contribution in [0, 0.1) is 0 Å². The second-order valence-electron chi connectivity index (χ2n) is 7.48. The zero-order valence-electron chi connectivity index (χ0n) is 18.9. The van der Waals surface area contributed by atoms with Gasteiger partial charge in [-0.1, -0.05) is 57.0 Å². The molecule has 3 amide bonds. The summed E-state index contributed by atoms with van der Waals surface area (Å²) < 4.78 is 10.3. The molecule has 1 aromatic carbocycles. The summed E-state index contributed by atoms with van der Waals surface area (Å²) in [6.07, 6.45) is 4.86. The quantitative estimate of drug-likeness (QED) is 0.199. The Morgan fingerprint density at radius 2 is 1.38 bits per heavy atom. The number of hydrogen-bond acceptors (Lipinski definition) is 6. The average Bonchev–Trinajstić information content (AvgIpc) is 3.00. The Bertz CT molecular complexity index is 821. The van der Waals surface area contributed by atoms with E-state index < -0.39 is 23.9 Å². The molecule has 0 spiro atoms. The molecule has 0 radical (unpaired) electrons. The van der Waals surface area contributed by atoms with E-state index >= 15 is 0 Å². The second kappa shape index (κ2) is 13.3. The molecule has 32 heavy (non-hydrogen) atoms. The summed E-state index contributed by atoms with van der Waals surface area (Å²) in [5, 5.41) is 0. The topological polar surface area (TPSA) is 93.2 Å². The molecule has 1 fully saturated rings. The van der Waals surface area contributed by atoms with Crippen LogP contribution < -0.4 is 0 Å². The van der Waals surface area contributed by atoms with Crippen molar-refractivity contribution >= 4 is 30.0 Å². The summed E-state index contributed by atoms with van der Waals surface area (Å²) in [7, 11) is 0. The van der Waals surface area contributed by atoms with Crippen molar-refractivity contribution in [3.8, 4) is 0 Å². The maximum absolute atomic E-state index is 13.0. The van der Waals surface area contributed by atoms with Gasteiger partial charge in [0.25, 0.3) is 5.91 Å². The summed E-state index contributed by atoms with van der Waals surface area (Å²) in [5.41, 5.74) is 0.918.